The molecule has 0 atom stereocenters. The highest BCUT2D eigenvalue weighted by molar-refractivity contribution is 5.57. The molecule has 1 aromatic carbocycles. The van der Waals surface area contributed by atoms with Crippen LogP contribution in [0, 0.1) is 11.3 Å². The van der Waals surface area contributed by atoms with Crippen molar-refractivity contribution < 1.29 is 4.74 Å². The minimum absolute atomic E-state index is 0.481. The Labute approximate surface area is 169 Å². The van der Waals surface area contributed by atoms with E-state index in [0.717, 1.165) is 44.1 Å². The van der Waals surface area contributed by atoms with Crippen molar-refractivity contribution in [3.05, 3.63) is 54.5 Å². The summed E-state index contributed by atoms with van der Waals surface area (Å²) in [7, 11) is 1.63. The molecule has 3 heterocycles. The molecule has 0 radical (unpaired) electrons. The predicted octanol–water partition coefficient (Wildman–Crippen LogP) is 2.53. The van der Waals surface area contributed by atoms with Crippen LogP contribution in [0.15, 0.2) is 48.9 Å². The van der Waals surface area contributed by atoms with Gasteiger partial charge in [-0.2, -0.15) is 5.26 Å². The number of benzene rings is 1. The summed E-state index contributed by atoms with van der Waals surface area (Å²) in [5.74, 6) is 2.36. The van der Waals surface area contributed by atoms with E-state index in [9.17, 15) is 0 Å². The van der Waals surface area contributed by atoms with E-state index in [2.05, 4.69) is 30.8 Å². The minimum atomic E-state index is 0.481. The van der Waals surface area contributed by atoms with Crippen LogP contribution >= 0.6 is 0 Å². The van der Waals surface area contributed by atoms with E-state index in [1.165, 1.54) is 0 Å². The van der Waals surface area contributed by atoms with E-state index in [4.69, 9.17) is 15.0 Å². The largest absolute Gasteiger partial charge is 0.491 e. The Morgan fingerprint density at radius 3 is 2.38 bits per heavy atom. The molecule has 0 amide bonds. The standard InChI is InChI=1S/C21H21N7O/c1-29-18-15-25-20(19-23-8-2-9-24-19)26-21(18)28-11-3-10-27(12-13-28)17-6-4-16(14-22)5-7-17/h2,4-9,15H,3,10-13H2,1H3. The number of nitriles is 1. The van der Waals surface area contributed by atoms with Gasteiger partial charge in [-0.3, -0.25) is 0 Å². The Kier molecular flexibility index (Phi) is 5.47. The number of rotatable bonds is 4. The Bertz CT molecular complexity index is 1000. The summed E-state index contributed by atoms with van der Waals surface area (Å²) in [4.78, 5) is 22.1. The number of ether oxygens (including phenoxy) is 1. The lowest BCUT2D eigenvalue weighted by Crippen LogP contribution is -2.31. The van der Waals surface area contributed by atoms with Gasteiger partial charge in [-0.25, -0.2) is 19.9 Å². The molecule has 146 valence electrons. The quantitative estimate of drug-likeness (QED) is 0.674. The first-order valence-electron chi connectivity index (χ1n) is 9.47. The molecule has 0 saturated carbocycles. The second-order valence-electron chi connectivity index (χ2n) is 6.64. The van der Waals surface area contributed by atoms with Gasteiger partial charge in [0.1, 0.15) is 0 Å². The number of hydrogen-bond acceptors (Lipinski definition) is 8. The van der Waals surface area contributed by atoms with Gasteiger partial charge in [0.05, 0.1) is 24.9 Å². The molecule has 1 aliphatic heterocycles. The van der Waals surface area contributed by atoms with Crippen LogP contribution in [0.5, 0.6) is 5.75 Å². The van der Waals surface area contributed by atoms with E-state index in [1.54, 1.807) is 31.8 Å². The van der Waals surface area contributed by atoms with Crippen LogP contribution in [0.4, 0.5) is 11.5 Å². The number of anilines is 2. The molecule has 0 aliphatic carbocycles. The first kappa shape index (κ1) is 18.6. The highest BCUT2D eigenvalue weighted by Gasteiger charge is 2.21. The molecule has 0 N–H and O–H groups in total. The maximum absolute atomic E-state index is 9.00. The van der Waals surface area contributed by atoms with Crippen LogP contribution in [-0.4, -0.2) is 53.2 Å². The lowest BCUT2D eigenvalue weighted by molar-refractivity contribution is 0.410. The zero-order valence-corrected chi connectivity index (χ0v) is 16.2. The van der Waals surface area contributed by atoms with Gasteiger partial charge in [-0.05, 0) is 36.8 Å². The molecule has 0 spiro atoms. The van der Waals surface area contributed by atoms with Crippen molar-refractivity contribution in [3.63, 3.8) is 0 Å². The molecule has 8 heteroatoms. The topological polar surface area (TPSA) is 91.1 Å². The van der Waals surface area contributed by atoms with Crippen molar-refractivity contribution in [2.45, 2.75) is 6.42 Å². The normalized spacial score (nSPS) is 14.2. The lowest BCUT2D eigenvalue weighted by Gasteiger charge is -2.25. The Morgan fingerprint density at radius 1 is 0.931 bits per heavy atom. The van der Waals surface area contributed by atoms with Crippen molar-refractivity contribution in [1.29, 1.82) is 5.26 Å². The second kappa shape index (κ2) is 8.52. The Morgan fingerprint density at radius 2 is 1.66 bits per heavy atom. The van der Waals surface area contributed by atoms with Gasteiger partial charge >= 0.3 is 0 Å². The molecular formula is C21H21N7O. The van der Waals surface area contributed by atoms with Crippen LogP contribution in [0.2, 0.25) is 0 Å². The molecule has 4 rings (SSSR count). The molecule has 1 saturated heterocycles. The SMILES string of the molecule is COc1cnc(-c2ncccn2)nc1N1CCCN(c2ccc(C#N)cc2)CC1. The zero-order chi connectivity index (χ0) is 20.1. The van der Waals surface area contributed by atoms with Gasteiger partial charge in [-0.15, -0.1) is 0 Å². The van der Waals surface area contributed by atoms with Gasteiger partial charge in [0.25, 0.3) is 0 Å². The fourth-order valence-electron chi connectivity index (χ4n) is 3.39. The van der Waals surface area contributed by atoms with Crippen molar-refractivity contribution >= 4 is 11.5 Å². The average Bonchev–Trinajstić information content (AvgIpc) is 3.05. The molecule has 0 bridgehead atoms. The third-order valence-electron chi connectivity index (χ3n) is 4.88. The molecule has 3 aromatic rings. The smallest absolute Gasteiger partial charge is 0.199 e. The van der Waals surface area contributed by atoms with Crippen LogP contribution in [0.3, 0.4) is 0 Å². The van der Waals surface area contributed by atoms with Crippen molar-refractivity contribution in [2.75, 3.05) is 43.1 Å². The lowest BCUT2D eigenvalue weighted by atomic mass is 10.2. The maximum atomic E-state index is 9.00. The van der Waals surface area contributed by atoms with Crippen LogP contribution < -0.4 is 14.5 Å². The van der Waals surface area contributed by atoms with Crippen LogP contribution in [0.1, 0.15) is 12.0 Å². The van der Waals surface area contributed by atoms with Crippen LogP contribution in [-0.2, 0) is 0 Å². The van der Waals surface area contributed by atoms with E-state index in [1.807, 2.05) is 24.3 Å². The first-order valence-corrected chi connectivity index (χ1v) is 9.47. The van der Waals surface area contributed by atoms with Crippen molar-refractivity contribution in [3.8, 4) is 23.5 Å². The molecular weight excluding hydrogens is 366 g/mol. The van der Waals surface area contributed by atoms with Gasteiger partial charge in [0.15, 0.2) is 23.2 Å². The summed E-state index contributed by atoms with van der Waals surface area (Å²) in [6, 6.07) is 11.7. The number of nitrogens with zero attached hydrogens (tertiary/aromatic N) is 7. The van der Waals surface area contributed by atoms with E-state index in [-0.39, 0.29) is 0 Å². The van der Waals surface area contributed by atoms with E-state index >= 15 is 0 Å². The maximum Gasteiger partial charge on any atom is 0.199 e. The van der Waals surface area contributed by atoms with Gasteiger partial charge < -0.3 is 14.5 Å². The third kappa shape index (κ3) is 4.09. The average molecular weight is 387 g/mol. The molecule has 2 aromatic heterocycles. The molecule has 1 fully saturated rings. The zero-order valence-electron chi connectivity index (χ0n) is 16.2. The predicted molar refractivity (Wildman–Crippen MR) is 110 cm³/mol. The van der Waals surface area contributed by atoms with Crippen LogP contribution in [0.25, 0.3) is 11.6 Å². The third-order valence-corrected chi connectivity index (χ3v) is 4.88. The molecule has 1 aliphatic rings. The molecule has 29 heavy (non-hydrogen) atoms. The molecule has 8 nitrogen and oxygen atoms in total. The summed E-state index contributed by atoms with van der Waals surface area (Å²) >= 11 is 0. The monoisotopic (exact) mass is 387 g/mol. The Balaban J connectivity index is 1.56. The van der Waals surface area contributed by atoms with E-state index in [0.29, 0.717) is 23.0 Å². The summed E-state index contributed by atoms with van der Waals surface area (Å²) in [6.07, 6.45) is 6.01. The highest BCUT2D eigenvalue weighted by Crippen LogP contribution is 2.28. The number of hydrogen-bond donors (Lipinski definition) is 0. The van der Waals surface area contributed by atoms with E-state index < -0.39 is 0 Å². The highest BCUT2D eigenvalue weighted by atomic mass is 16.5. The van der Waals surface area contributed by atoms with Crippen molar-refractivity contribution in [2.24, 2.45) is 0 Å². The Hall–Kier alpha value is -3.73. The summed E-state index contributed by atoms with van der Waals surface area (Å²) in [5, 5.41) is 9.00. The van der Waals surface area contributed by atoms with Gasteiger partial charge in [0, 0.05) is 44.3 Å². The molecule has 0 unspecified atom stereocenters. The minimum Gasteiger partial charge on any atom is -0.491 e. The van der Waals surface area contributed by atoms with Gasteiger partial charge in [-0.1, -0.05) is 0 Å². The number of methoxy groups -OCH3 is 1. The fourth-order valence-corrected chi connectivity index (χ4v) is 3.39. The fraction of sp³-hybridized carbons (Fsp3) is 0.286. The first-order chi connectivity index (χ1) is 14.3. The second-order valence-corrected chi connectivity index (χ2v) is 6.64. The number of aromatic nitrogens is 4. The summed E-state index contributed by atoms with van der Waals surface area (Å²) < 4.78 is 5.52. The van der Waals surface area contributed by atoms with Crippen molar-refractivity contribution in [1.82, 2.24) is 19.9 Å². The summed E-state index contributed by atoms with van der Waals surface area (Å²) in [5.41, 5.74) is 1.80. The van der Waals surface area contributed by atoms with Gasteiger partial charge in [0.2, 0.25) is 0 Å². The summed E-state index contributed by atoms with van der Waals surface area (Å²) in [6.45, 7) is 3.43.